The first-order valence-corrected chi connectivity index (χ1v) is 7.29. The molecule has 5 nitrogen and oxygen atoms in total. The van der Waals surface area contributed by atoms with Crippen LogP contribution in [0.5, 0.6) is 0 Å². The van der Waals surface area contributed by atoms with Crippen molar-refractivity contribution in [1.82, 2.24) is 0 Å². The summed E-state index contributed by atoms with van der Waals surface area (Å²) in [6.07, 6.45) is 2.77. The van der Waals surface area contributed by atoms with Crippen LogP contribution in [0.4, 0.5) is 0 Å². The van der Waals surface area contributed by atoms with E-state index in [0.717, 1.165) is 0 Å². The number of carbonyl (C=O) groups is 1. The molecule has 0 spiro atoms. The molecule has 1 aromatic carbocycles. The van der Waals surface area contributed by atoms with Crippen LogP contribution in [0.15, 0.2) is 63.7 Å². The van der Waals surface area contributed by atoms with Gasteiger partial charge in [-0.2, -0.15) is 8.42 Å². The highest BCUT2D eigenvalue weighted by Crippen LogP contribution is 2.16. The smallest absolute Gasteiger partial charge is 0.290 e. The number of oxime groups is 1. The van der Waals surface area contributed by atoms with E-state index in [0.29, 0.717) is 16.9 Å². The zero-order chi connectivity index (χ0) is 14.8. The van der Waals surface area contributed by atoms with E-state index in [1.165, 1.54) is 24.3 Å². The summed E-state index contributed by atoms with van der Waals surface area (Å²) >= 11 is 0. The predicted octanol–water partition coefficient (Wildman–Crippen LogP) is 2.22. The lowest BCUT2D eigenvalue weighted by Gasteiger charge is -2.10. The number of allylic oxidation sites excluding steroid dienone is 4. The van der Waals surface area contributed by atoms with Crippen molar-refractivity contribution in [3.63, 3.8) is 0 Å². The standard InChI is InChI=1S/C14H13NO4S/c1-10-11(2)14(16)9-8-13(10)15-19-20(17,18)12-6-4-3-5-7-12/h3-9H,1-2H3. The lowest BCUT2D eigenvalue weighted by molar-refractivity contribution is -0.111. The highest BCUT2D eigenvalue weighted by atomic mass is 32.2. The fourth-order valence-corrected chi connectivity index (χ4v) is 2.35. The van der Waals surface area contributed by atoms with E-state index in [1.54, 1.807) is 32.0 Å². The first kappa shape index (κ1) is 14.2. The monoisotopic (exact) mass is 291 g/mol. The molecule has 0 aliphatic heterocycles. The third-order valence-electron chi connectivity index (χ3n) is 2.97. The van der Waals surface area contributed by atoms with Gasteiger partial charge in [0.1, 0.15) is 10.6 Å². The molecule has 0 atom stereocenters. The average molecular weight is 291 g/mol. The van der Waals surface area contributed by atoms with Crippen molar-refractivity contribution in [2.75, 3.05) is 0 Å². The predicted molar refractivity (Wildman–Crippen MR) is 74.7 cm³/mol. The average Bonchev–Trinajstić information content (AvgIpc) is 2.45. The molecule has 0 saturated carbocycles. The fourth-order valence-electron chi connectivity index (χ4n) is 1.60. The summed E-state index contributed by atoms with van der Waals surface area (Å²) in [5, 5.41) is 3.63. The van der Waals surface area contributed by atoms with Crippen LogP contribution in [0.2, 0.25) is 0 Å². The van der Waals surface area contributed by atoms with Crippen LogP contribution < -0.4 is 0 Å². The van der Waals surface area contributed by atoms with Gasteiger partial charge >= 0.3 is 10.1 Å². The van der Waals surface area contributed by atoms with Crippen molar-refractivity contribution in [2.45, 2.75) is 18.7 Å². The van der Waals surface area contributed by atoms with E-state index < -0.39 is 10.1 Å². The minimum atomic E-state index is -3.94. The second-order valence-electron chi connectivity index (χ2n) is 4.27. The molecule has 0 radical (unpaired) electrons. The van der Waals surface area contributed by atoms with Gasteiger partial charge in [-0.05, 0) is 43.7 Å². The van der Waals surface area contributed by atoms with Crippen molar-refractivity contribution in [3.8, 4) is 0 Å². The molecular weight excluding hydrogens is 278 g/mol. The normalized spacial score (nSPS) is 17.7. The van der Waals surface area contributed by atoms with Crippen molar-refractivity contribution < 1.29 is 17.5 Å². The molecule has 0 heterocycles. The lowest BCUT2D eigenvalue weighted by Crippen LogP contribution is -2.12. The van der Waals surface area contributed by atoms with Crippen LogP contribution >= 0.6 is 0 Å². The molecular formula is C14H13NO4S. The maximum absolute atomic E-state index is 11.9. The minimum absolute atomic E-state index is 0.0265. The number of hydrogen-bond acceptors (Lipinski definition) is 5. The molecule has 0 N–H and O–H groups in total. The van der Waals surface area contributed by atoms with Crippen molar-refractivity contribution >= 4 is 21.6 Å². The topological polar surface area (TPSA) is 72.8 Å². The second-order valence-corrected chi connectivity index (χ2v) is 5.79. The molecule has 0 unspecified atom stereocenters. The largest absolute Gasteiger partial charge is 0.358 e. The van der Waals surface area contributed by atoms with Gasteiger partial charge in [0.05, 0.1) is 0 Å². The summed E-state index contributed by atoms with van der Waals surface area (Å²) in [6, 6.07) is 7.74. The highest BCUT2D eigenvalue weighted by molar-refractivity contribution is 7.86. The summed E-state index contributed by atoms with van der Waals surface area (Å²) in [7, 11) is -3.94. The van der Waals surface area contributed by atoms with E-state index >= 15 is 0 Å². The van der Waals surface area contributed by atoms with E-state index in [-0.39, 0.29) is 10.7 Å². The van der Waals surface area contributed by atoms with Crippen molar-refractivity contribution in [1.29, 1.82) is 0 Å². The van der Waals surface area contributed by atoms with Gasteiger partial charge in [0.2, 0.25) is 0 Å². The molecule has 1 aromatic rings. The van der Waals surface area contributed by atoms with Crippen molar-refractivity contribution in [2.24, 2.45) is 5.16 Å². The lowest BCUT2D eigenvalue weighted by atomic mass is 9.97. The van der Waals surface area contributed by atoms with E-state index in [2.05, 4.69) is 9.44 Å². The zero-order valence-electron chi connectivity index (χ0n) is 11.0. The van der Waals surface area contributed by atoms with Crippen LogP contribution in [-0.2, 0) is 19.2 Å². The fraction of sp³-hybridized carbons (Fsp3) is 0.143. The zero-order valence-corrected chi connectivity index (χ0v) is 11.8. The van der Waals surface area contributed by atoms with E-state index in [4.69, 9.17) is 0 Å². The molecule has 1 aliphatic carbocycles. The Balaban J connectivity index is 2.27. The molecule has 2 rings (SSSR count). The van der Waals surface area contributed by atoms with Crippen molar-refractivity contribution in [3.05, 3.63) is 53.6 Å². The van der Waals surface area contributed by atoms with E-state index in [9.17, 15) is 13.2 Å². The Morgan fingerprint density at radius 2 is 1.65 bits per heavy atom. The van der Waals surface area contributed by atoms with Gasteiger partial charge in [0, 0.05) is 5.57 Å². The first-order chi connectivity index (χ1) is 9.42. The Hall–Kier alpha value is -2.21. The number of carbonyl (C=O) groups excluding carboxylic acids is 1. The molecule has 6 heteroatoms. The van der Waals surface area contributed by atoms with Gasteiger partial charge in [0.15, 0.2) is 5.78 Å². The Morgan fingerprint density at radius 1 is 1.00 bits per heavy atom. The summed E-state index contributed by atoms with van der Waals surface area (Å²) in [5.74, 6) is -0.118. The summed E-state index contributed by atoms with van der Waals surface area (Å²) in [5.41, 5.74) is 1.44. The highest BCUT2D eigenvalue weighted by Gasteiger charge is 2.18. The Morgan fingerprint density at radius 3 is 2.30 bits per heavy atom. The number of rotatable bonds is 3. The summed E-state index contributed by atoms with van der Waals surface area (Å²) in [4.78, 5) is 11.4. The molecule has 0 saturated heterocycles. The van der Waals surface area contributed by atoms with Gasteiger partial charge < -0.3 is 0 Å². The maximum atomic E-state index is 11.9. The van der Waals surface area contributed by atoms with Crippen LogP contribution in [0, 0.1) is 0 Å². The number of benzene rings is 1. The summed E-state index contributed by atoms with van der Waals surface area (Å²) in [6.45, 7) is 3.34. The van der Waals surface area contributed by atoms with E-state index in [1.807, 2.05) is 0 Å². The third kappa shape index (κ3) is 2.85. The van der Waals surface area contributed by atoms with Gasteiger partial charge in [-0.1, -0.05) is 23.4 Å². The van der Waals surface area contributed by atoms with Crippen LogP contribution in [0.1, 0.15) is 13.8 Å². The molecule has 104 valence electrons. The maximum Gasteiger partial charge on any atom is 0.358 e. The van der Waals surface area contributed by atoms with Gasteiger partial charge in [-0.3, -0.25) is 9.08 Å². The second kappa shape index (κ2) is 5.42. The third-order valence-corrected chi connectivity index (χ3v) is 4.09. The number of hydrogen-bond donors (Lipinski definition) is 0. The molecule has 1 aliphatic rings. The Bertz CT molecular complexity index is 728. The SMILES string of the molecule is CC1=C(C)C(=NOS(=O)(=O)c2ccccc2)C=CC1=O. The van der Waals surface area contributed by atoms with Gasteiger partial charge in [-0.25, -0.2) is 0 Å². The quantitative estimate of drug-likeness (QED) is 0.632. The van der Waals surface area contributed by atoms with Crippen LogP contribution in [-0.4, -0.2) is 19.9 Å². The Kier molecular flexibility index (Phi) is 3.85. The van der Waals surface area contributed by atoms with Gasteiger partial charge in [-0.15, -0.1) is 0 Å². The van der Waals surface area contributed by atoms with Crippen LogP contribution in [0.3, 0.4) is 0 Å². The molecule has 0 bridgehead atoms. The molecule has 0 amide bonds. The van der Waals surface area contributed by atoms with Gasteiger partial charge in [0.25, 0.3) is 0 Å². The minimum Gasteiger partial charge on any atom is -0.290 e. The summed E-state index contributed by atoms with van der Waals surface area (Å²) < 4.78 is 28.5. The Labute approximate surface area is 117 Å². The molecule has 0 aromatic heterocycles. The first-order valence-electron chi connectivity index (χ1n) is 5.89. The molecule has 0 fully saturated rings. The van der Waals surface area contributed by atoms with Crippen LogP contribution in [0.25, 0.3) is 0 Å². The molecule has 20 heavy (non-hydrogen) atoms. The number of nitrogens with zero attached hydrogens (tertiary/aromatic N) is 1. The number of ketones is 1.